The van der Waals surface area contributed by atoms with E-state index in [-0.39, 0.29) is 6.71 Å². The molecule has 2 aliphatic heterocycles. The first-order chi connectivity index (χ1) is 34.2. The second kappa shape index (κ2) is 17.3. The topological polar surface area (TPSA) is 41.9 Å². The van der Waals surface area contributed by atoms with E-state index < -0.39 is 0 Å². The lowest BCUT2D eigenvalue weighted by molar-refractivity contribution is 1.07. The Hall–Kier alpha value is -8.58. The van der Waals surface area contributed by atoms with Gasteiger partial charge in [0.1, 0.15) is 0 Å². The molecule has 0 amide bonds. The monoisotopic (exact) mass is 896 g/mol. The first-order valence-corrected chi connectivity index (χ1v) is 24.2. The first-order valence-electron chi connectivity index (χ1n) is 23.4. The number of rotatable bonds is 8. The largest absolute Gasteiger partial charge is 0.310 e. The van der Waals surface area contributed by atoms with Crippen molar-refractivity contribution in [2.45, 2.75) is 9.79 Å². The highest BCUT2D eigenvalue weighted by Crippen LogP contribution is 2.50. The molecule has 0 saturated carbocycles. The summed E-state index contributed by atoms with van der Waals surface area (Å²) in [5, 5.41) is 0. The van der Waals surface area contributed by atoms with E-state index in [1.165, 1.54) is 43.5 Å². The Bertz CT molecular complexity index is 3570. The Morgan fingerprint density at radius 1 is 0.319 bits per heavy atom. The molecule has 11 aromatic rings. The van der Waals surface area contributed by atoms with Crippen LogP contribution in [0.5, 0.6) is 0 Å². The fraction of sp³-hybridized carbons (Fsp3) is 0. The lowest BCUT2D eigenvalue weighted by atomic mass is 9.34. The van der Waals surface area contributed by atoms with Crippen LogP contribution >= 0.6 is 11.8 Å². The fourth-order valence-electron chi connectivity index (χ4n) is 10.2. The van der Waals surface area contributed by atoms with Crippen LogP contribution in [0.25, 0.3) is 78.7 Å². The molecule has 3 heterocycles. The van der Waals surface area contributed by atoms with E-state index in [9.17, 15) is 0 Å². The molecule has 69 heavy (non-hydrogen) atoms. The van der Waals surface area contributed by atoms with Crippen LogP contribution in [0, 0.1) is 0 Å². The van der Waals surface area contributed by atoms with Gasteiger partial charge in [0.15, 0.2) is 17.5 Å². The van der Waals surface area contributed by atoms with Gasteiger partial charge in [0.05, 0.1) is 5.69 Å². The highest BCUT2D eigenvalue weighted by Gasteiger charge is 2.43. The summed E-state index contributed by atoms with van der Waals surface area (Å²) in [6, 6.07) is 89.2. The van der Waals surface area contributed by atoms with Crippen LogP contribution in [0.15, 0.2) is 259 Å². The third kappa shape index (κ3) is 7.25. The highest BCUT2D eigenvalue weighted by atomic mass is 32.2. The molecule has 0 aliphatic carbocycles. The van der Waals surface area contributed by atoms with Gasteiger partial charge < -0.3 is 4.90 Å². The van der Waals surface area contributed by atoms with Crippen molar-refractivity contribution in [3.63, 3.8) is 0 Å². The van der Waals surface area contributed by atoms with E-state index in [1.54, 1.807) is 0 Å². The molecule has 6 heteroatoms. The molecule has 1 aromatic heterocycles. The van der Waals surface area contributed by atoms with E-state index in [1.807, 2.05) is 48.2 Å². The van der Waals surface area contributed by atoms with E-state index in [0.717, 1.165) is 60.9 Å². The van der Waals surface area contributed by atoms with Gasteiger partial charge >= 0.3 is 0 Å². The minimum atomic E-state index is -0.127. The zero-order chi connectivity index (χ0) is 45.7. The van der Waals surface area contributed by atoms with Crippen molar-refractivity contribution in [2.24, 2.45) is 0 Å². The van der Waals surface area contributed by atoms with E-state index in [0.29, 0.717) is 17.5 Å². The number of hydrogen-bond acceptors (Lipinski definition) is 5. The Labute approximate surface area is 406 Å². The predicted octanol–water partition coefficient (Wildman–Crippen LogP) is 14.3. The third-order valence-electron chi connectivity index (χ3n) is 13.4. The number of anilines is 3. The van der Waals surface area contributed by atoms with Crippen molar-refractivity contribution in [2.75, 3.05) is 4.90 Å². The maximum Gasteiger partial charge on any atom is 0.249 e. The average Bonchev–Trinajstić information content (AvgIpc) is 3.44. The number of hydrogen-bond donors (Lipinski definition) is 0. The van der Waals surface area contributed by atoms with E-state index in [2.05, 4.69) is 217 Å². The van der Waals surface area contributed by atoms with Crippen molar-refractivity contribution >= 4 is 51.9 Å². The van der Waals surface area contributed by atoms with Crippen LogP contribution in [0.4, 0.5) is 17.1 Å². The van der Waals surface area contributed by atoms with Crippen LogP contribution in [-0.2, 0) is 0 Å². The normalized spacial score (nSPS) is 12.2. The molecule has 13 rings (SSSR count). The van der Waals surface area contributed by atoms with Crippen LogP contribution in [0.3, 0.4) is 0 Å². The summed E-state index contributed by atoms with van der Waals surface area (Å²) in [7, 11) is 0. The molecule has 322 valence electrons. The molecular formula is C63H41BN4S. The number of fused-ring (bicyclic) bond motifs is 4. The number of benzene rings is 10. The van der Waals surface area contributed by atoms with Gasteiger partial charge in [-0.05, 0) is 68.6 Å². The molecule has 10 aromatic carbocycles. The quantitative estimate of drug-likeness (QED) is 0.142. The maximum absolute atomic E-state index is 5.35. The van der Waals surface area contributed by atoms with Crippen LogP contribution in [-0.4, -0.2) is 21.7 Å². The summed E-state index contributed by atoms with van der Waals surface area (Å²) in [6.45, 7) is -0.127. The SMILES string of the molecule is c1ccc(-c2ccc3c(c2)B2c4cc(-c5ccccc5)ccc4N(c4c(-c5ccccc5)cccc4-c4ccccc4)c4ccc(-c5nc(-c6ccccc6)nc(-c6ccccc6)n5)c(c42)S3)cc1. The predicted molar refractivity (Wildman–Crippen MR) is 288 cm³/mol. The van der Waals surface area contributed by atoms with Gasteiger partial charge in [-0.1, -0.05) is 242 Å². The molecule has 0 radical (unpaired) electrons. The van der Waals surface area contributed by atoms with Gasteiger partial charge in [-0.3, -0.25) is 0 Å². The van der Waals surface area contributed by atoms with E-state index >= 15 is 0 Å². The van der Waals surface area contributed by atoms with Gasteiger partial charge in [-0.25, -0.2) is 15.0 Å². The summed E-state index contributed by atoms with van der Waals surface area (Å²) in [4.78, 5) is 20.7. The maximum atomic E-state index is 5.35. The zero-order valence-corrected chi connectivity index (χ0v) is 38.3. The van der Waals surface area contributed by atoms with Crippen LogP contribution < -0.4 is 21.3 Å². The fourth-order valence-corrected chi connectivity index (χ4v) is 11.5. The summed E-state index contributed by atoms with van der Waals surface area (Å²) < 4.78 is 0. The first kappa shape index (κ1) is 40.7. The second-order valence-electron chi connectivity index (χ2n) is 17.5. The van der Waals surface area contributed by atoms with Crippen molar-refractivity contribution in [3.05, 3.63) is 249 Å². The minimum absolute atomic E-state index is 0.127. The van der Waals surface area contributed by atoms with Gasteiger partial charge in [-0.2, -0.15) is 0 Å². The molecule has 4 nitrogen and oxygen atoms in total. The number of para-hydroxylation sites is 1. The molecule has 0 atom stereocenters. The lowest BCUT2D eigenvalue weighted by Gasteiger charge is -2.42. The molecule has 2 aliphatic rings. The summed E-state index contributed by atoms with van der Waals surface area (Å²) in [5.41, 5.74) is 19.3. The zero-order valence-electron chi connectivity index (χ0n) is 37.4. The van der Waals surface area contributed by atoms with Crippen molar-refractivity contribution in [3.8, 4) is 78.7 Å². The molecular weight excluding hydrogens is 856 g/mol. The average molecular weight is 897 g/mol. The molecule has 0 fully saturated rings. The Morgan fingerprint density at radius 2 is 0.754 bits per heavy atom. The molecule has 0 saturated heterocycles. The van der Waals surface area contributed by atoms with Crippen LogP contribution in [0.1, 0.15) is 0 Å². The highest BCUT2D eigenvalue weighted by molar-refractivity contribution is 8.00. The number of nitrogens with zero attached hydrogens (tertiary/aromatic N) is 4. The van der Waals surface area contributed by atoms with Crippen molar-refractivity contribution in [1.29, 1.82) is 0 Å². The standard InChI is InChI=1S/C63H41BN4S/c1-7-20-42(21-8-1)48-34-37-55-53(40-48)64-54-41-49(43-22-9-2-10-23-43)35-39-57(54)69-60-52(63-66-61(46-28-15-5-16-29-46)65-62(67-63)47-30-17-6-18-31-47)36-38-56(58(60)64)68(55)59-50(44-24-11-3-12-25-44)32-19-33-51(59)45-26-13-4-14-27-45/h1-41H. The van der Waals surface area contributed by atoms with Gasteiger partial charge in [0, 0.05) is 49.0 Å². The van der Waals surface area contributed by atoms with Gasteiger partial charge in [-0.15, -0.1) is 0 Å². The van der Waals surface area contributed by atoms with Crippen molar-refractivity contribution < 1.29 is 0 Å². The molecule has 0 bridgehead atoms. The molecule has 0 unspecified atom stereocenters. The Morgan fingerprint density at radius 3 is 1.28 bits per heavy atom. The lowest BCUT2D eigenvalue weighted by Crippen LogP contribution is -2.60. The summed E-state index contributed by atoms with van der Waals surface area (Å²) in [6.07, 6.45) is 0. The summed E-state index contributed by atoms with van der Waals surface area (Å²) >= 11 is 1.82. The minimum Gasteiger partial charge on any atom is -0.310 e. The Balaban J connectivity index is 1.14. The van der Waals surface area contributed by atoms with Crippen LogP contribution in [0.2, 0.25) is 0 Å². The van der Waals surface area contributed by atoms with E-state index in [4.69, 9.17) is 15.0 Å². The third-order valence-corrected chi connectivity index (χ3v) is 14.6. The summed E-state index contributed by atoms with van der Waals surface area (Å²) in [5.74, 6) is 1.91. The molecule has 0 N–H and O–H groups in total. The number of aromatic nitrogens is 3. The van der Waals surface area contributed by atoms with Gasteiger partial charge in [0.25, 0.3) is 0 Å². The Kier molecular flexibility index (Phi) is 10.2. The van der Waals surface area contributed by atoms with Gasteiger partial charge in [0.2, 0.25) is 6.71 Å². The van der Waals surface area contributed by atoms with Crippen molar-refractivity contribution in [1.82, 2.24) is 15.0 Å². The second-order valence-corrected chi connectivity index (χ2v) is 18.5. The molecule has 0 spiro atoms. The smallest absolute Gasteiger partial charge is 0.249 e.